The number of aromatic nitrogens is 3. The fraction of sp³-hybridized carbons (Fsp3) is 0.0600. The van der Waals surface area contributed by atoms with Crippen molar-refractivity contribution < 1.29 is 4.74 Å². The minimum Gasteiger partial charge on any atom is -0.457 e. The van der Waals surface area contributed by atoms with Crippen LogP contribution >= 0.6 is 0 Å². The van der Waals surface area contributed by atoms with Crippen molar-refractivity contribution in [2.24, 2.45) is 5.92 Å². The number of ether oxygens (including phenoxy) is 1. The summed E-state index contributed by atoms with van der Waals surface area (Å²) in [5.41, 5.74) is 12.6. The van der Waals surface area contributed by atoms with Crippen molar-refractivity contribution in [2.45, 2.75) is 11.3 Å². The molecule has 1 aliphatic heterocycles. The second-order valence-corrected chi connectivity index (χ2v) is 14.3. The Morgan fingerprint density at radius 2 is 1.20 bits per heavy atom. The molecule has 0 fully saturated rings. The zero-order valence-corrected chi connectivity index (χ0v) is 29.3. The van der Waals surface area contributed by atoms with Crippen LogP contribution in [0.3, 0.4) is 0 Å². The Labute approximate surface area is 313 Å². The van der Waals surface area contributed by atoms with Crippen LogP contribution in [0.4, 0.5) is 0 Å². The molecule has 2 aromatic heterocycles. The number of para-hydroxylation sites is 2. The molecular formula is C50H33N3O. The highest BCUT2D eigenvalue weighted by Gasteiger charge is 2.56. The van der Waals surface area contributed by atoms with Crippen LogP contribution in [0.2, 0.25) is 0 Å². The van der Waals surface area contributed by atoms with Gasteiger partial charge < -0.3 is 4.74 Å². The van der Waals surface area contributed by atoms with E-state index in [1.807, 2.05) is 30.5 Å². The first-order chi connectivity index (χ1) is 26.8. The largest absolute Gasteiger partial charge is 0.457 e. The third-order valence-corrected chi connectivity index (χ3v) is 11.5. The summed E-state index contributed by atoms with van der Waals surface area (Å²) in [6, 6.07) is 55.6. The van der Waals surface area contributed by atoms with Crippen molar-refractivity contribution in [2.75, 3.05) is 0 Å². The van der Waals surface area contributed by atoms with Gasteiger partial charge in [-0.25, -0.2) is 9.97 Å². The average molecular weight is 692 g/mol. The van der Waals surface area contributed by atoms with Crippen molar-refractivity contribution >= 4 is 10.9 Å². The number of rotatable bonds is 4. The van der Waals surface area contributed by atoms with Crippen molar-refractivity contribution in [3.8, 4) is 56.5 Å². The lowest BCUT2D eigenvalue weighted by Gasteiger charge is -2.43. The quantitative estimate of drug-likeness (QED) is 0.184. The van der Waals surface area contributed by atoms with Gasteiger partial charge in [0.2, 0.25) is 0 Å². The number of pyridine rings is 1. The van der Waals surface area contributed by atoms with Gasteiger partial charge in [-0.05, 0) is 53.1 Å². The van der Waals surface area contributed by atoms with E-state index in [9.17, 15) is 0 Å². The van der Waals surface area contributed by atoms with Gasteiger partial charge in [0.1, 0.15) is 11.5 Å². The summed E-state index contributed by atoms with van der Waals surface area (Å²) in [5, 5.41) is 1.13. The van der Waals surface area contributed by atoms with E-state index in [-0.39, 0.29) is 11.8 Å². The van der Waals surface area contributed by atoms with E-state index in [2.05, 4.69) is 158 Å². The number of fused-ring (bicyclic) bond motifs is 10. The fourth-order valence-electron chi connectivity index (χ4n) is 9.14. The SMILES string of the molecule is C1=CC2c3ccccc3C3(c4ccccc4Oc4ccc(-c5cc(-c6ccc(-c7cccc8cccnc78)cc6)nc(-c6ccccc6)n5)cc43)C2C=C1. The molecule has 3 atom stereocenters. The summed E-state index contributed by atoms with van der Waals surface area (Å²) in [6.07, 6.45) is 11.0. The summed E-state index contributed by atoms with van der Waals surface area (Å²) >= 11 is 0. The molecule has 8 aromatic rings. The maximum Gasteiger partial charge on any atom is 0.160 e. The summed E-state index contributed by atoms with van der Waals surface area (Å²) in [6.45, 7) is 0. The predicted molar refractivity (Wildman–Crippen MR) is 216 cm³/mol. The van der Waals surface area contributed by atoms with Gasteiger partial charge in [0, 0.05) is 56.8 Å². The maximum atomic E-state index is 6.73. The highest BCUT2D eigenvalue weighted by molar-refractivity contribution is 5.93. The average Bonchev–Trinajstić information content (AvgIpc) is 3.54. The minimum absolute atomic E-state index is 0.190. The summed E-state index contributed by atoms with van der Waals surface area (Å²) in [4.78, 5) is 15.1. The smallest absolute Gasteiger partial charge is 0.160 e. The summed E-state index contributed by atoms with van der Waals surface area (Å²) in [7, 11) is 0. The Morgan fingerprint density at radius 3 is 2.09 bits per heavy atom. The van der Waals surface area contributed by atoms with E-state index < -0.39 is 5.41 Å². The van der Waals surface area contributed by atoms with Crippen LogP contribution in [-0.2, 0) is 5.41 Å². The van der Waals surface area contributed by atoms with Crippen LogP contribution in [0.15, 0.2) is 188 Å². The van der Waals surface area contributed by atoms with Gasteiger partial charge in [-0.2, -0.15) is 0 Å². The van der Waals surface area contributed by atoms with Gasteiger partial charge in [0.25, 0.3) is 0 Å². The fourth-order valence-corrected chi connectivity index (χ4v) is 9.14. The number of hydrogen-bond donors (Lipinski definition) is 0. The van der Waals surface area contributed by atoms with Crippen molar-refractivity contribution in [3.63, 3.8) is 0 Å². The van der Waals surface area contributed by atoms with Gasteiger partial charge in [-0.15, -0.1) is 0 Å². The van der Waals surface area contributed by atoms with Crippen molar-refractivity contribution in [1.82, 2.24) is 15.0 Å². The lowest BCUT2D eigenvalue weighted by atomic mass is 9.61. The third-order valence-electron chi connectivity index (χ3n) is 11.5. The van der Waals surface area contributed by atoms with E-state index in [4.69, 9.17) is 19.7 Å². The zero-order chi connectivity index (χ0) is 35.6. The van der Waals surface area contributed by atoms with Crippen LogP contribution in [0.25, 0.3) is 55.9 Å². The predicted octanol–water partition coefficient (Wildman–Crippen LogP) is 12.0. The molecule has 1 spiro atoms. The second kappa shape index (κ2) is 12.1. The molecule has 0 saturated carbocycles. The highest BCUT2D eigenvalue weighted by atomic mass is 16.5. The van der Waals surface area contributed by atoms with Crippen LogP contribution in [0, 0.1) is 5.92 Å². The van der Waals surface area contributed by atoms with E-state index in [0.717, 1.165) is 67.2 Å². The van der Waals surface area contributed by atoms with Crippen LogP contribution in [0.1, 0.15) is 28.2 Å². The number of hydrogen-bond acceptors (Lipinski definition) is 4. The standard InChI is InChI=1S/C50H33N3O/c1-2-12-35(13-3-1)49-52-44(33-25-23-32(24-26-33)37-18-10-14-34-15-11-29-51-48(34)37)31-45(53-49)36-27-28-47-43(30-36)50(42-21-8-9-22-46(42)54-47)40-19-6-4-16-38(40)39-17-5-7-20-41(39)50/h1-31,38,40H. The molecule has 4 heteroatoms. The topological polar surface area (TPSA) is 47.9 Å². The van der Waals surface area contributed by atoms with Gasteiger partial charge >= 0.3 is 0 Å². The molecule has 0 N–H and O–H groups in total. The molecule has 3 aliphatic rings. The molecule has 3 heterocycles. The molecular weight excluding hydrogens is 659 g/mol. The van der Waals surface area contributed by atoms with E-state index >= 15 is 0 Å². The van der Waals surface area contributed by atoms with Gasteiger partial charge in [0.15, 0.2) is 5.82 Å². The van der Waals surface area contributed by atoms with Gasteiger partial charge in [-0.3, -0.25) is 4.98 Å². The molecule has 54 heavy (non-hydrogen) atoms. The molecule has 254 valence electrons. The molecule has 2 aliphatic carbocycles. The molecule has 3 unspecified atom stereocenters. The normalized spacial score (nSPS) is 18.8. The Bertz CT molecular complexity index is 2820. The second-order valence-electron chi connectivity index (χ2n) is 14.3. The molecule has 0 radical (unpaired) electrons. The van der Waals surface area contributed by atoms with Crippen LogP contribution in [0.5, 0.6) is 11.5 Å². The first-order valence-corrected chi connectivity index (χ1v) is 18.5. The Balaban J connectivity index is 1.09. The van der Waals surface area contributed by atoms with E-state index in [1.165, 1.54) is 16.7 Å². The zero-order valence-electron chi connectivity index (χ0n) is 29.3. The van der Waals surface area contributed by atoms with E-state index in [0.29, 0.717) is 5.82 Å². The number of benzene rings is 6. The molecule has 0 bridgehead atoms. The molecule has 6 aromatic carbocycles. The van der Waals surface area contributed by atoms with Crippen molar-refractivity contribution in [3.05, 3.63) is 210 Å². The van der Waals surface area contributed by atoms with E-state index in [1.54, 1.807) is 0 Å². The lowest BCUT2D eigenvalue weighted by molar-refractivity contribution is 0.374. The molecule has 0 amide bonds. The third kappa shape index (κ3) is 4.60. The van der Waals surface area contributed by atoms with Gasteiger partial charge in [-0.1, -0.05) is 146 Å². The first kappa shape index (κ1) is 30.7. The minimum atomic E-state index is -0.437. The monoisotopic (exact) mass is 691 g/mol. The highest BCUT2D eigenvalue weighted by Crippen LogP contribution is 2.64. The Morgan fingerprint density at radius 1 is 0.500 bits per heavy atom. The Kier molecular flexibility index (Phi) is 6.86. The van der Waals surface area contributed by atoms with Gasteiger partial charge in [0.05, 0.1) is 22.3 Å². The lowest BCUT2D eigenvalue weighted by Crippen LogP contribution is -2.37. The Hall–Kier alpha value is -6.91. The summed E-state index contributed by atoms with van der Waals surface area (Å²) in [5.74, 6) is 2.93. The van der Waals surface area contributed by atoms with Crippen LogP contribution in [-0.4, -0.2) is 15.0 Å². The first-order valence-electron chi connectivity index (χ1n) is 18.5. The number of allylic oxidation sites excluding steroid dienone is 4. The van der Waals surface area contributed by atoms with Crippen molar-refractivity contribution in [1.29, 1.82) is 0 Å². The summed E-state index contributed by atoms with van der Waals surface area (Å²) < 4.78 is 6.73. The number of nitrogens with zero attached hydrogens (tertiary/aromatic N) is 3. The maximum absolute atomic E-state index is 6.73. The molecule has 11 rings (SSSR count). The molecule has 4 nitrogen and oxygen atoms in total. The van der Waals surface area contributed by atoms with Crippen LogP contribution < -0.4 is 4.74 Å². The molecule has 0 saturated heterocycles.